The summed E-state index contributed by atoms with van der Waals surface area (Å²) in [7, 11) is 2.04. The lowest BCUT2D eigenvalue weighted by atomic mass is 9.64. The molecule has 11 heavy (non-hydrogen) atoms. The first-order valence-corrected chi connectivity index (χ1v) is 4.60. The maximum absolute atomic E-state index is 5.15. The highest BCUT2D eigenvalue weighted by Crippen LogP contribution is 2.46. The lowest BCUT2D eigenvalue weighted by Gasteiger charge is -2.53. The summed E-state index contributed by atoms with van der Waals surface area (Å²) in [6.07, 6.45) is 2.67. The van der Waals surface area contributed by atoms with E-state index < -0.39 is 0 Å². The van der Waals surface area contributed by atoms with Gasteiger partial charge in [-0.3, -0.25) is 0 Å². The van der Waals surface area contributed by atoms with Crippen molar-refractivity contribution in [3.63, 3.8) is 0 Å². The molecule has 1 aliphatic heterocycles. The molecule has 0 amide bonds. The Morgan fingerprint density at radius 2 is 1.82 bits per heavy atom. The largest absolute Gasteiger partial charge is 0.380 e. The summed E-state index contributed by atoms with van der Waals surface area (Å²) in [4.78, 5) is 0. The van der Waals surface area contributed by atoms with Crippen molar-refractivity contribution < 1.29 is 4.74 Å². The van der Waals surface area contributed by atoms with Crippen LogP contribution in [0.5, 0.6) is 0 Å². The van der Waals surface area contributed by atoms with E-state index in [2.05, 4.69) is 5.32 Å². The Hall–Kier alpha value is -0.0800. The second kappa shape index (κ2) is 3.55. The molecule has 2 fully saturated rings. The van der Waals surface area contributed by atoms with Crippen molar-refractivity contribution in [2.75, 3.05) is 20.3 Å². The highest BCUT2D eigenvalue weighted by molar-refractivity contribution is 5.00. The summed E-state index contributed by atoms with van der Waals surface area (Å²) >= 11 is 0. The van der Waals surface area contributed by atoms with E-state index in [0.717, 1.165) is 19.3 Å². The Balaban J connectivity index is 0.000000281. The summed E-state index contributed by atoms with van der Waals surface area (Å²) in [5, 5.41) is 3.27. The van der Waals surface area contributed by atoms with E-state index in [1.807, 2.05) is 20.9 Å². The molecule has 1 saturated heterocycles. The standard InChI is InChI=1S/C7H13NO.C2H6/c1-8-6-2-7(3-6)4-9-5-7;1-2/h6,8H,2-5H2,1H3;1-2H3. The van der Waals surface area contributed by atoms with E-state index in [9.17, 15) is 0 Å². The number of rotatable bonds is 1. The zero-order chi connectivity index (χ0) is 8.32. The SMILES string of the molecule is CC.CNC1CC2(COC2)C1. The van der Waals surface area contributed by atoms with Crippen molar-refractivity contribution >= 4 is 0 Å². The van der Waals surface area contributed by atoms with E-state index >= 15 is 0 Å². The highest BCUT2D eigenvalue weighted by Gasteiger charge is 2.48. The number of hydrogen-bond donors (Lipinski definition) is 1. The molecule has 2 rings (SSSR count). The summed E-state index contributed by atoms with van der Waals surface area (Å²) in [5.41, 5.74) is 0.633. The van der Waals surface area contributed by atoms with E-state index in [1.165, 1.54) is 12.8 Å². The first-order valence-electron chi connectivity index (χ1n) is 4.60. The summed E-state index contributed by atoms with van der Waals surface area (Å²) in [6, 6.07) is 0.786. The van der Waals surface area contributed by atoms with Gasteiger partial charge in [0.25, 0.3) is 0 Å². The van der Waals surface area contributed by atoms with Crippen LogP contribution >= 0.6 is 0 Å². The third-order valence-electron chi connectivity index (χ3n) is 2.58. The Morgan fingerprint density at radius 3 is 2.09 bits per heavy atom. The first-order chi connectivity index (χ1) is 5.35. The van der Waals surface area contributed by atoms with Crippen LogP contribution in [0, 0.1) is 5.41 Å². The van der Waals surface area contributed by atoms with E-state index in [1.54, 1.807) is 0 Å². The molecule has 2 heteroatoms. The zero-order valence-corrected chi connectivity index (χ0v) is 7.81. The fraction of sp³-hybridized carbons (Fsp3) is 1.00. The third kappa shape index (κ3) is 1.57. The van der Waals surface area contributed by atoms with Gasteiger partial charge in [0.05, 0.1) is 13.2 Å². The molecular weight excluding hydrogens is 138 g/mol. The molecule has 2 nitrogen and oxygen atoms in total. The van der Waals surface area contributed by atoms with Gasteiger partial charge in [0.2, 0.25) is 0 Å². The van der Waals surface area contributed by atoms with Gasteiger partial charge in [0.15, 0.2) is 0 Å². The lowest BCUT2D eigenvalue weighted by Crippen LogP contribution is -2.57. The summed E-state index contributed by atoms with van der Waals surface area (Å²) in [5.74, 6) is 0. The topological polar surface area (TPSA) is 21.3 Å². The molecule has 0 aromatic heterocycles. The summed E-state index contributed by atoms with van der Waals surface area (Å²) in [6.45, 7) is 6.04. The van der Waals surface area contributed by atoms with E-state index in [4.69, 9.17) is 4.74 Å². The molecule has 0 aromatic rings. The second-order valence-electron chi connectivity index (χ2n) is 3.39. The molecule has 0 aromatic carbocycles. The van der Waals surface area contributed by atoms with Crippen LogP contribution in [-0.2, 0) is 4.74 Å². The van der Waals surface area contributed by atoms with Crippen LogP contribution in [0.25, 0.3) is 0 Å². The van der Waals surface area contributed by atoms with Crippen LogP contribution in [0.2, 0.25) is 0 Å². The molecule has 2 aliphatic rings. The Labute approximate surface area is 69.3 Å². The number of hydrogen-bond acceptors (Lipinski definition) is 2. The quantitative estimate of drug-likeness (QED) is 0.621. The zero-order valence-electron chi connectivity index (χ0n) is 7.81. The molecule has 0 atom stereocenters. The van der Waals surface area contributed by atoms with Crippen molar-refractivity contribution in [3.05, 3.63) is 0 Å². The molecule has 0 radical (unpaired) electrons. The van der Waals surface area contributed by atoms with Crippen LogP contribution in [0.4, 0.5) is 0 Å². The van der Waals surface area contributed by atoms with E-state index in [-0.39, 0.29) is 0 Å². The fourth-order valence-electron chi connectivity index (χ4n) is 1.82. The van der Waals surface area contributed by atoms with Gasteiger partial charge >= 0.3 is 0 Å². The van der Waals surface area contributed by atoms with Gasteiger partial charge in [0.1, 0.15) is 0 Å². The lowest BCUT2D eigenvalue weighted by molar-refractivity contribution is -0.166. The highest BCUT2D eigenvalue weighted by atomic mass is 16.5. The van der Waals surface area contributed by atoms with Gasteiger partial charge in [-0.25, -0.2) is 0 Å². The van der Waals surface area contributed by atoms with Crippen LogP contribution in [0.15, 0.2) is 0 Å². The predicted octanol–water partition coefficient (Wildman–Crippen LogP) is 1.41. The van der Waals surface area contributed by atoms with E-state index in [0.29, 0.717) is 5.41 Å². The van der Waals surface area contributed by atoms with Crippen molar-refractivity contribution in [3.8, 4) is 0 Å². The Kier molecular flexibility index (Phi) is 2.90. The minimum atomic E-state index is 0.633. The molecule has 1 spiro atoms. The predicted molar refractivity (Wildman–Crippen MR) is 46.7 cm³/mol. The fourth-order valence-corrected chi connectivity index (χ4v) is 1.82. The molecule has 1 heterocycles. The molecular formula is C9H19NO. The molecule has 66 valence electrons. The van der Waals surface area contributed by atoms with Gasteiger partial charge in [0, 0.05) is 11.5 Å². The van der Waals surface area contributed by atoms with Gasteiger partial charge < -0.3 is 10.1 Å². The van der Waals surface area contributed by atoms with Crippen LogP contribution in [0.1, 0.15) is 26.7 Å². The molecule has 0 bridgehead atoms. The van der Waals surface area contributed by atoms with Crippen LogP contribution in [0.3, 0.4) is 0 Å². The van der Waals surface area contributed by atoms with Crippen LogP contribution < -0.4 is 5.32 Å². The maximum Gasteiger partial charge on any atom is 0.0545 e. The number of ether oxygens (including phenoxy) is 1. The van der Waals surface area contributed by atoms with Crippen molar-refractivity contribution in [1.29, 1.82) is 0 Å². The smallest absolute Gasteiger partial charge is 0.0545 e. The van der Waals surface area contributed by atoms with Gasteiger partial charge in [-0.05, 0) is 19.9 Å². The third-order valence-corrected chi connectivity index (χ3v) is 2.58. The number of nitrogens with one attached hydrogen (secondary N) is 1. The normalized spacial score (nSPS) is 26.5. The minimum absolute atomic E-state index is 0.633. The molecule has 1 N–H and O–H groups in total. The average molecular weight is 157 g/mol. The van der Waals surface area contributed by atoms with Gasteiger partial charge in [-0.2, -0.15) is 0 Å². The van der Waals surface area contributed by atoms with Crippen molar-refractivity contribution in [2.24, 2.45) is 5.41 Å². The molecule has 0 unspecified atom stereocenters. The van der Waals surface area contributed by atoms with Gasteiger partial charge in [-0.15, -0.1) is 0 Å². The van der Waals surface area contributed by atoms with Crippen LogP contribution in [-0.4, -0.2) is 26.3 Å². The minimum Gasteiger partial charge on any atom is -0.380 e. The second-order valence-corrected chi connectivity index (χ2v) is 3.39. The average Bonchev–Trinajstić information content (AvgIpc) is 1.87. The van der Waals surface area contributed by atoms with Crippen molar-refractivity contribution in [1.82, 2.24) is 5.32 Å². The van der Waals surface area contributed by atoms with Crippen molar-refractivity contribution in [2.45, 2.75) is 32.7 Å². The monoisotopic (exact) mass is 157 g/mol. The maximum atomic E-state index is 5.15. The Bertz CT molecular complexity index is 113. The Morgan fingerprint density at radius 1 is 1.27 bits per heavy atom. The molecule has 1 saturated carbocycles. The van der Waals surface area contributed by atoms with Gasteiger partial charge in [-0.1, -0.05) is 13.8 Å². The summed E-state index contributed by atoms with van der Waals surface area (Å²) < 4.78 is 5.15. The molecule has 1 aliphatic carbocycles. The first kappa shape index (κ1) is 9.01.